The van der Waals surface area contributed by atoms with Gasteiger partial charge in [-0.05, 0) is 40.1 Å². The van der Waals surface area contributed by atoms with Crippen LogP contribution in [0.3, 0.4) is 0 Å². The van der Waals surface area contributed by atoms with Gasteiger partial charge in [-0.25, -0.2) is 4.39 Å². The molecule has 1 nitrogen and oxygen atoms in total. The summed E-state index contributed by atoms with van der Waals surface area (Å²) in [4.78, 5) is 10.8. The summed E-state index contributed by atoms with van der Waals surface area (Å²) in [7, 11) is 0. The Kier molecular flexibility index (Phi) is 2.68. The van der Waals surface area contributed by atoms with Crippen molar-refractivity contribution in [3.05, 3.63) is 59.2 Å². The molecule has 0 saturated carbocycles. The second-order valence-electron chi connectivity index (χ2n) is 4.00. The molecule has 0 N–H and O–H groups in total. The van der Waals surface area contributed by atoms with Crippen LogP contribution in [0.4, 0.5) is 4.39 Å². The first-order valence-corrected chi connectivity index (χ1v) is 6.39. The van der Waals surface area contributed by atoms with Gasteiger partial charge in [0.2, 0.25) is 0 Å². The molecule has 0 atom stereocenters. The first-order valence-electron chi connectivity index (χ1n) is 5.51. The van der Waals surface area contributed by atoms with Crippen LogP contribution < -0.4 is 0 Å². The van der Waals surface area contributed by atoms with Crippen molar-refractivity contribution in [2.75, 3.05) is 0 Å². The minimum absolute atomic E-state index is 0.0982. The fourth-order valence-corrected chi connectivity index (χ4v) is 2.96. The van der Waals surface area contributed by atoms with Gasteiger partial charge in [0.05, 0.1) is 5.56 Å². The zero-order valence-electron chi connectivity index (χ0n) is 9.39. The van der Waals surface area contributed by atoms with Gasteiger partial charge >= 0.3 is 0 Å². The molecule has 0 aliphatic rings. The Hall–Kier alpha value is -2.00. The molecule has 0 fully saturated rings. The van der Waals surface area contributed by atoms with Crippen LogP contribution >= 0.6 is 11.3 Å². The molecule has 3 aromatic rings. The zero-order valence-corrected chi connectivity index (χ0v) is 10.2. The number of benzene rings is 2. The van der Waals surface area contributed by atoms with Crippen molar-refractivity contribution < 1.29 is 9.18 Å². The smallest absolute Gasteiger partial charge is 0.153 e. The number of carbonyl (C=O) groups is 1. The number of halogens is 1. The molecule has 0 unspecified atom stereocenters. The fourth-order valence-electron chi connectivity index (χ4n) is 2.02. The van der Waals surface area contributed by atoms with Gasteiger partial charge in [0.15, 0.2) is 6.29 Å². The van der Waals surface area contributed by atoms with Gasteiger partial charge in [-0.1, -0.05) is 24.3 Å². The first kappa shape index (κ1) is 11.1. The number of thiophene rings is 1. The van der Waals surface area contributed by atoms with Crippen molar-refractivity contribution in [1.82, 2.24) is 0 Å². The van der Waals surface area contributed by atoms with E-state index in [-0.39, 0.29) is 5.56 Å². The lowest BCUT2D eigenvalue weighted by Gasteiger charge is -2.05. The molecule has 0 aliphatic heterocycles. The van der Waals surface area contributed by atoms with Crippen molar-refractivity contribution in [1.29, 1.82) is 0 Å². The van der Waals surface area contributed by atoms with Gasteiger partial charge in [0.1, 0.15) is 5.82 Å². The monoisotopic (exact) mass is 256 g/mol. The van der Waals surface area contributed by atoms with E-state index >= 15 is 0 Å². The Labute approximate surface area is 108 Å². The Morgan fingerprint density at radius 2 is 2.00 bits per heavy atom. The van der Waals surface area contributed by atoms with Crippen LogP contribution in [0.25, 0.3) is 21.2 Å². The lowest BCUT2D eigenvalue weighted by atomic mass is 10.0. The van der Waals surface area contributed by atoms with Gasteiger partial charge in [-0.3, -0.25) is 4.79 Å². The maximum absolute atomic E-state index is 13.3. The third kappa shape index (κ3) is 1.73. The van der Waals surface area contributed by atoms with Crippen molar-refractivity contribution in [2.24, 2.45) is 0 Å². The molecule has 1 heterocycles. The lowest BCUT2D eigenvalue weighted by molar-refractivity contribution is 0.112. The van der Waals surface area contributed by atoms with Crippen LogP contribution in [0, 0.1) is 5.82 Å². The number of hydrogen-bond acceptors (Lipinski definition) is 2. The highest BCUT2D eigenvalue weighted by Gasteiger charge is 2.08. The van der Waals surface area contributed by atoms with Gasteiger partial charge in [-0.15, -0.1) is 11.3 Å². The third-order valence-electron chi connectivity index (χ3n) is 2.91. The Morgan fingerprint density at radius 3 is 2.83 bits per heavy atom. The van der Waals surface area contributed by atoms with Crippen molar-refractivity contribution in [3.8, 4) is 11.1 Å². The molecule has 88 valence electrons. The molecular weight excluding hydrogens is 247 g/mol. The quantitative estimate of drug-likeness (QED) is 0.616. The first-order chi connectivity index (χ1) is 8.79. The van der Waals surface area contributed by atoms with E-state index in [2.05, 4.69) is 0 Å². The second kappa shape index (κ2) is 4.35. The largest absolute Gasteiger partial charge is 0.298 e. The molecule has 3 rings (SSSR count). The van der Waals surface area contributed by atoms with E-state index in [0.29, 0.717) is 6.29 Å². The van der Waals surface area contributed by atoms with Crippen LogP contribution in [0.1, 0.15) is 10.4 Å². The maximum atomic E-state index is 13.3. The summed E-state index contributed by atoms with van der Waals surface area (Å²) in [6.07, 6.45) is 0.549. The van der Waals surface area contributed by atoms with E-state index < -0.39 is 5.82 Å². The number of carbonyl (C=O) groups excluding carboxylic acids is 1. The van der Waals surface area contributed by atoms with Crippen molar-refractivity contribution >= 4 is 27.7 Å². The maximum Gasteiger partial charge on any atom is 0.153 e. The van der Waals surface area contributed by atoms with E-state index in [1.807, 2.05) is 29.6 Å². The number of fused-ring (bicyclic) bond motifs is 1. The number of aldehydes is 1. The van der Waals surface area contributed by atoms with Crippen molar-refractivity contribution in [3.63, 3.8) is 0 Å². The Morgan fingerprint density at radius 1 is 1.11 bits per heavy atom. The molecule has 0 bridgehead atoms. The Balaban J connectivity index is 2.26. The van der Waals surface area contributed by atoms with Crippen LogP contribution in [-0.4, -0.2) is 6.29 Å². The minimum Gasteiger partial charge on any atom is -0.298 e. The summed E-state index contributed by atoms with van der Waals surface area (Å²) in [5, 5.41) is 3.19. The highest BCUT2D eigenvalue weighted by molar-refractivity contribution is 7.17. The standard InChI is InChI=1S/C15H9FOS/c16-14-5-4-11(8-12(14)9-17)13-3-1-2-10-6-7-18-15(10)13/h1-9H. The normalized spacial score (nSPS) is 10.7. The van der Waals surface area contributed by atoms with E-state index in [9.17, 15) is 9.18 Å². The summed E-state index contributed by atoms with van der Waals surface area (Å²) in [5.74, 6) is -0.480. The van der Waals surface area contributed by atoms with E-state index in [1.54, 1.807) is 23.5 Å². The van der Waals surface area contributed by atoms with Gasteiger partial charge in [-0.2, -0.15) is 0 Å². The molecule has 0 spiro atoms. The molecule has 0 aliphatic carbocycles. The molecule has 2 aromatic carbocycles. The predicted molar refractivity (Wildman–Crippen MR) is 72.6 cm³/mol. The molecule has 1 aromatic heterocycles. The third-order valence-corrected chi connectivity index (χ3v) is 3.88. The van der Waals surface area contributed by atoms with Crippen LogP contribution in [0.5, 0.6) is 0 Å². The molecular formula is C15H9FOS. The summed E-state index contributed by atoms with van der Waals surface area (Å²) < 4.78 is 14.5. The highest BCUT2D eigenvalue weighted by Crippen LogP contribution is 2.32. The van der Waals surface area contributed by atoms with Crippen LogP contribution in [-0.2, 0) is 0 Å². The summed E-state index contributed by atoms with van der Waals surface area (Å²) in [5.41, 5.74) is 2.00. The average molecular weight is 256 g/mol. The fraction of sp³-hybridized carbons (Fsp3) is 0. The second-order valence-corrected chi connectivity index (χ2v) is 4.91. The van der Waals surface area contributed by atoms with Crippen LogP contribution in [0.15, 0.2) is 47.8 Å². The minimum atomic E-state index is -0.480. The molecule has 0 radical (unpaired) electrons. The molecule has 0 saturated heterocycles. The summed E-state index contributed by atoms with van der Waals surface area (Å²) >= 11 is 1.64. The number of rotatable bonds is 2. The van der Waals surface area contributed by atoms with Gasteiger partial charge in [0.25, 0.3) is 0 Å². The number of hydrogen-bond donors (Lipinski definition) is 0. The lowest BCUT2D eigenvalue weighted by Crippen LogP contribution is -1.88. The van der Waals surface area contributed by atoms with Gasteiger partial charge in [0, 0.05) is 4.70 Å². The molecule has 0 amide bonds. The van der Waals surface area contributed by atoms with E-state index in [0.717, 1.165) is 21.2 Å². The van der Waals surface area contributed by atoms with E-state index in [4.69, 9.17) is 0 Å². The molecule has 18 heavy (non-hydrogen) atoms. The Bertz CT molecular complexity index is 730. The SMILES string of the molecule is O=Cc1cc(-c2cccc3ccsc23)ccc1F. The summed E-state index contributed by atoms with van der Waals surface area (Å²) in [6.45, 7) is 0. The molecule has 3 heteroatoms. The van der Waals surface area contributed by atoms with E-state index in [1.165, 1.54) is 6.07 Å². The van der Waals surface area contributed by atoms with Gasteiger partial charge < -0.3 is 0 Å². The summed E-state index contributed by atoms with van der Waals surface area (Å²) in [6, 6.07) is 12.7. The zero-order chi connectivity index (χ0) is 12.5. The van der Waals surface area contributed by atoms with Crippen LogP contribution in [0.2, 0.25) is 0 Å². The predicted octanol–water partition coefficient (Wildman–Crippen LogP) is 4.52. The topological polar surface area (TPSA) is 17.1 Å². The van der Waals surface area contributed by atoms with Crippen molar-refractivity contribution in [2.45, 2.75) is 0 Å². The average Bonchev–Trinajstić information content (AvgIpc) is 2.87. The highest BCUT2D eigenvalue weighted by atomic mass is 32.1.